The average molecular weight is 471 g/mol. The summed E-state index contributed by atoms with van der Waals surface area (Å²) in [4.78, 5) is 0. The fourth-order valence-corrected chi connectivity index (χ4v) is 0. The van der Waals surface area contributed by atoms with Crippen molar-refractivity contribution in [2.45, 2.75) is 0 Å². The van der Waals surface area contributed by atoms with Crippen molar-refractivity contribution in [1.82, 2.24) is 0 Å². The van der Waals surface area contributed by atoms with Crippen molar-refractivity contribution >= 4 is 0 Å². The molecule has 9 heavy (non-hydrogen) atoms. The average Bonchev–Trinajstić information content (AvgIpc) is 0.592. The third kappa shape index (κ3) is 67.3. The molecule has 0 aromatic heterocycles. The first kappa shape index (κ1) is 19.2. The molecule has 0 atom stereocenters. The predicted molar refractivity (Wildman–Crippen MR) is 6.65 cm³/mol. The van der Waals surface area contributed by atoms with Crippen LogP contribution in [0.2, 0.25) is 0 Å². The van der Waals surface area contributed by atoms with Crippen LogP contribution in [0.5, 0.6) is 0 Å². The SMILES string of the molecule is [Cs+].[Cs+].[F][Zr-2]([F])([F])([F])([F])[F]. The molecule has 0 aliphatic carbocycles. The summed E-state index contributed by atoms with van der Waals surface area (Å²) in [5.74, 6) is 0. The van der Waals surface area contributed by atoms with Gasteiger partial charge in [0.2, 0.25) is 0 Å². The van der Waals surface area contributed by atoms with E-state index in [0.29, 0.717) is 0 Å². The van der Waals surface area contributed by atoms with Gasteiger partial charge in [-0.25, -0.2) is 0 Å². The first-order chi connectivity index (χ1) is 2.45. The van der Waals surface area contributed by atoms with Gasteiger partial charge in [-0.3, -0.25) is 0 Å². The van der Waals surface area contributed by atoms with Gasteiger partial charge in [-0.05, 0) is 0 Å². The number of halogens is 6. The maximum absolute atomic E-state index is 11.3. The topological polar surface area (TPSA) is 0 Å². The van der Waals surface area contributed by atoms with Crippen molar-refractivity contribution in [2.24, 2.45) is 0 Å². The quantitative estimate of drug-likeness (QED) is 0.323. The monoisotopic (exact) mass is 470 g/mol. The van der Waals surface area contributed by atoms with E-state index in [1.165, 1.54) is 0 Å². The normalized spacial score (nSPS) is 18.0. The zero-order valence-electron chi connectivity index (χ0n) is 4.77. The third-order valence-corrected chi connectivity index (χ3v) is 0. The van der Waals surface area contributed by atoms with Crippen LogP contribution in [0.25, 0.3) is 0 Å². The minimum atomic E-state index is -11.3. The molecule has 0 aliphatic heterocycles. The van der Waals surface area contributed by atoms with Gasteiger partial charge in [-0.1, -0.05) is 0 Å². The van der Waals surface area contributed by atoms with Gasteiger partial charge in [0.05, 0.1) is 0 Å². The molecule has 48 valence electrons. The van der Waals surface area contributed by atoms with E-state index in [1.807, 2.05) is 0 Å². The Bertz CT molecular complexity index is 69.6. The van der Waals surface area contributed by atoms with Crippen LogP contribution in [0.4, 0.5) is 15.8 Å². The van der Waals surface area contributed by atoms with Gasteiger partial charge < -0.3 is 0 Å². The molecule has 0 aliphatic rings. The van der Waals surface area contributed by atoms with E-state index in [2.05, 4.69) is 0 Å². The fourth-order valence-electron chi connectivity index (χ4n) is 0. The fraction of sp³-hybridized carbons (Fsp3) is 0. The van der Waals surface area contributed by atoms with Gasteiger partial charge in [0, 0.05) is 0 Å². The Hall–Kier alpha value is 4.57. The molecule has 0 heterocycles. The summed E-state index contributed by atoms with van der Waals surface area (Å²) in [6.45, 7) is 0. The van der Waals surface area contributed by atoms with Gasteiger partial charge >= 0.3 is 174 Å². The van der Waals surface area contributed by atoms with Crippen molar-refractivity contribution in [2.75, 3.05) is 0 Å². The Balaban J connectivity index is -0.000000180. The van der Waals surface area contributed by atoms with Crippen LogP contribution in [0.15, 0.2) is 0 Å². The number of rotatable bonds is 0. The van der Waals surface area contributed by atoms with Gasteiger partial charge in [0.15, 0.2) is 0 Å². The molecule has 0 saturated carbocycles. The first-order valence-corrected chi connectivity index (χ1v) is 6.71. The summed E-state index contributed by atoms with van der Waals surface area (Å²) in [5, 5.41) is 0. The van der Waals surface area contributed by atoms with Crippen LogP contribution in [0.3, 0.4) is 0 Å². The van der Waals surface area contributed by atoms with Gasteiger partial charge in [0.25, 0.3) is 0 Å². The third-order valence-electron chi connectivity index (χ3n) is 0. The molecule has 0 N–H and O–H groups in total. The molecule has 0 spiro atoms. The van der Waals surface area contributed by atoms with Crippen molar-refractivity contribution in [3.05, 3.63) is 0 Å². The Morgan fingerprint density at radius 1 is 0.556 bits per heavy atom. The van der Waals surface area contributed by atoms with Crippen molar-refractivity contribution < 1.29 is 174 Å². The molecule has 0 aromatic rings. The Morgan fingerprint density at radius 2 is 0.556 bits per heavy atom. The zero-order chi connectivity index (χ0) is 6.41. The molecule has 0 nitrogen and oxygen atoms in total. The van der Waals surface area contributed by atoms with Crippen LogP contribution in [-0.4, -0.2) is 0 Å². The predicted octanol–water partition coefficient (Wildman–Crippen LogP) is -3.47. The molecule has 0 aromatic carbocycles. The number of hydrogen-bond donors (Lipinski definition) is 0. The van der Waals surface area contributed by atoms with E-state index in [-0.39, 0.29) is 138 Å². The maximum atomic E-state index is 9.93. The number of hydrogen-bond acceptors (Lipinski definition) is 0. The van der Waals surface area contributed by atoms with Gasteiger partial charge in [-0.15, -0.1) is 0 Å². The van der Waals surface area contributed by atoms with E-state index in [1.54, 1.807) is 0 Å². The van der Waals surface area contributed by atoms with Crippen LogP contribution in [-0.2, 0) is 21.0 Å². The summed E-state index contributed by atoms with van der Waals surface area (Å²) in [7, 11) is 0. The summed E-state index contributed by atoms with van der Waals surface area (Å²) in [6, 6.07) is 0. The summed E-state index contributed by atoms with van der Waals surface area (Å²) < 4.78 is 59.6. The second-order valence-corrected chi connectivity index (χ2v) is 6.34. The van der Waals surface area contributed by atoms with Crippen LogP contribution in [0, 0.1) is 0 Å². The molecule has 0 rings (SSSR count). The molecule has 0 fully saturated rings. The summed E-state index contributed by atoms with van der Waals surface area (Å²) >= 11 is -11.3. The zero-order valence-corrected chi connectivity index (χ0v) is 19.8. The van der Waals surface area contributed by atoms with Crippen molar-refractivity contribution in [3.63, 3.8) is 0 Å². The molecule has 0 unspecified atom stereocenters. The van der Waals surface area contributed by atoms with E-state index < -0.39 is 21.0 Å². The standard InChI is InChI=1S/2Cs.6FH.Zr/h;;6*1H;/q2*+1;;;;;;;+4/p-6. The van der Waals surface area contributed by atoms with Crippen molar-refractivity contribution in [3.8, 4) is 0 Å². The molecule has 0 amide bonds. The Labute approximate surface area is 168 Å². The molecule has 9 heteroatoms. The van der Waals surface area contributed by atoms with E-state index >= 15 is 0 Å². The second-order valence-electron chi connectivity index (χ2n) is 1.07. The molecule has 0 radical (unpaired) electrons. The van der Waals surface area contributed by atoms with Crippen LogP contribution >= 0.6 is 0 Å². The van der Waals surface area contributed by atoms with Crippen molar-refractivity contribution in [1.29, 1.82) is 0 Å². The van der Waals surface area contributed by atoms with Crippen LogP contribution in [0.1, 0.15) is 0 Å². The van der Waals surface area contributed by atoms with E-state index in [0.717, 1.165) is 0 Å². The van der Waals surface area contributed by atoms with E-state index in [9.17, 15) is 15.8 Å². The molecular weight excluding hydrogens is 471 g/mol. The molecular formula is Cs2F6Zr. The van der Waals surface area contributed by atoms with E-state index in [4.69, 9.17) is 0 Å². The second kappa shape index (κ2) is 4.39. The summed E-state index contributed by atoms with van der Waals surface area (Å²) in [5.41, 5.74) is 0. The Morgan fingerprint density at radius 3 is 0.556 bits per heavy atom. The van der Waals surface area contributed by atoms with Gasteiger partial charge in [-0.2, -0.15) is 0 Å². The first-order valence-electron chi connectivity index (χ1n) is 1.13. The Kier molecular flexibility index (Phi) is 9.36. The molecule has 0 bridgehead atoms. The molecule has 0 saturated heterocycles. The summed E-state index contributed by atoms with van der Waals surface area (Å²) in [6.07, 6.45) is 0. The van der Waals surface area contributed by atoms with Gasteiger partial charge in [0.1, 0.15) is 0 Å². The minimum absolute atomic E-state index is 0. The van der Waals surface area contributed by atoms with Crippen LogP contribution < -0.4 is 138 Å².